The summed E-state index contributed by atoms with van der Waals surface area (Å²) in [7, 11) is 1.50. The fourth-order valence-electron chi connectivity index (χ4n) is 2.23. The van der Waals surface area contributed by atoms with Crippen molar-refractivity contribution in [2.45, 2.75) is 12.2 Å². The average molecular weight is 318 g/mol. The number of halogens is 5. The standard InChI is InChI=1S/C15H12ClF4N/c1-21-14(10-6-4-8-12(17)13(10)16)9-5-2-3-7-11(9)15(18,19)20/h2-8,14,21H,1H3. The minimum Gasteiger partial charge on any atom is -0.309 e. The highest BCUT2D eigenvalue weighted by Crippen LogP contribution is 2.38. The molecule has 0 bridgehead atoms. The van der Waals surface area contributed by atoms with E-state index in [1.54, 1.807) is 0 Å². The van der Waals surface area contributed by atoms with E-state index in [0.29, 0.717) is 0 Å². The van der Waals surface area contributed by atoms with E-state index in [2.05, 4.69) is 5.32 Å². The van der Waals surface area contributed by atoms with Crippen LogP contribution >= 0.6 is 11.6 Å². The molecule has 0 saturated carbocycles. The number of hydrogen-bond donors (Lipinski definition) is 1. The van der Waals surface area contributed by atoms with E-state index in [1.807, 2.05) is 0 Å². The van der Waals surface area contributed by atoms with E-state index in [0.717, 1.165) is 12.1 Å². The molecule has 6 heteroatoms. The lowest BCUT2D eigenvalue weighted by Gasteiger charge is -2.22. The van der Waals surface area contributed by atoms with Gasteiger partial charge < -0.3 is 5.32 Å². The molecular formula is C15H12ClF4N. The van der Waals surface area contributed by atoms with Crippen molar-refractivity contribution >= 4 is 11.6 Å². The van der Waals surface area contributed by atoms with Crippen molar-refractivity contribution in [3.8, 4) is 0 Å². The highest BCUT2D eigenvalue weighted by molar-refractivity contribution is 6.31. The maximum Gasteiger partial charge on any atom is 0.416 e. The van der Waals surface area contributed by atoms with Crippen molar-refractivity contribution < 1.29 is 17.6 Å². The zero-order valence-corrected chi connectivity index (χ0v) is 11.8. The molecule has 0 heterocycles. The Labute approximate surface area is 124 Å². The molecule has 0 aliphatic carbocycles. The van der Waals surface area contributed by atoms with Crippen LogP contribution in [0, 0.1) is 5.82 Å². The van der Waals surface area contributed by atoms with Crippen LogP contribution < -0.4 is 5.32 Å². The van der Waals surface area contributed by atoms with Gasteiger partial charge in [-0.05, 0) is 30.3 Å². The fourth-order valence-corrected chi connectivity index (χ4v) is 2.46. The molecule has 0 aromatic heterocycles. The molecule has 2 aromatic carbocycles. The van der Waals surface area contributed by atoms with Crippen LogP contribution in [0.15, 0.2) is 42.5 Å². The summed E-state index contributed by atoms with van der Waals surface area (Å²) in [6.45, 7) is 0. The van der Waals surface area contributed by atoms with Gasteiger partial charge in [0.1, 0.15) is 5.82 Å². The maximum absolute atomic E-state index is 13.5. The van der Waals surface area contributed by atoms with Crippen LogP contribution in [0.2, 0.25) is 5.02 Å². The summed E-state index contributed by atoms with van der Waals surface area (Å²) in [6.07, 6.45) is -4.49. The molecule has 21 heavy (non-hydrogen) atoms. The zero-order chi connectivity index (χ0) is 15.6. The topological polar surface area (TPSA) is 12.0 Å². The lowest BCUT2D eigenvalue weighted by Crippen LogP contribution is -2.22. The average Bonchev–Trinajstić information content (AvgIpc) is 2.44. The molecule has 0 amide bonds. The van der Waals surface area contributed by atoms with Crippen molar-refractivity contribution in [1.29, 1.82) is 0 Å². The summed E-state index contributed by atoms with van der Waals surface area (Å²) in [5, 5.41) is 2.58. The largest absolute Gasteiger partial charge is 0.416 e. The van der Waals surface area contributed by atoms with Crippen molar-refractivity contribution in [2.24, 2.45) is 0 Å². The summed E-state index contributed by atoms with van der Waals surface area (Å²) >= 11 is 5.89. The molecule has 0 radical (unpaired) electrons. The van der Waals surface area contributed by atoms with E-state index in [1.165, 1.54) is 37.4 Å². The Bertz CT molecular complexity index is 640. The normalized spacial score (nSPS) is 13.2. The molecule has 112 valence electrons. The Hall–Kier alpha value is -1.59. The number of nitrogens with one attached hydrogen (secondary N) is 1. The minimum absolute atomic E-state index is 0.000000000000000444. The fraction of sp³-hybridized carbons (Fsp3) is 0.200. The molecule has 0 fully saturated rings. The number of rotatable bonds is 3. The first-order valence-corrected chi connectivity index (χ1v) is 6.51. The SMILES string of the molecule is CNC(c1ccccc1C(F)(F)F)c1cccc(F)c1Cl. The van der Waals surface area contributed by atoms with Gasteiger partial charge in [0, 0.05) is 0 Å². The molecule has 2 rings (SSSR count). The van der Waals surface area contributed by atoms with E-state index < -0.39 is 23.6 Å². The van der Waals surface area contributed by atoms with Crippen LogP contribution in [-0.4, -0.2) is 7.05 Å². The Morgan fingerprint density at radius 1 is 1.00 bits per heavy atom. The van der Waals surface area contributed by atoms with Gasteiger partial charge in [-0.3, -0.25) is 0 Å². The van der Waals surface area contributed by atoms with Gasteiger partial charge in [0.05, 0.1) is 16.6 Å². The molecule has 0 spiro atoms. The van der Waals surface area contributed by atoms with Gasteiger partial charge in [0.15, 0.2) is 0 Å². The summed E-state index contributed by atoms with van der Waals surface area (Å²) in [6, 6.07) is 8.38. The van der Waals surface area contributed by atoms with E-state index in [4.69, 9.17) is 11.6 Å². The second-order valence-corrected chi connectivity index (χ2v) is 4.83. The third kappa shape index (κ3) is 3.19. The minimum atomic E-state index is -4.49. The van der Waals surface area contributed by atoms with Crippen LogP contribution in [-0.2, 0) is 6.18 Å². The van der Waals surface area contributed by atoms with Crippen LogP contribution in [0.4, 0.5) is 17.6 Å². The Morgan fingerprint density at radius 3 is 2.24 bits per heavy atom. The van der Waals surface area contributed by atoms with Crippen molar-refractivity contribution in [1.82, 2.24) is 5.32 Å². The number of hydrogen-bond acceptors (Lipinski definition) is 1. The van der Waals surface area contributed by atoms with Crippen LogP contribution in [0.1, 0.15) is 22.7 Å². The predicted molar refractivity (Wildman–Crippen MR) is 73.8 cm³/mol. The Balaban J connectivity index is 2.60. The lowest BCUT2D eigenvalue weighted by molar-refractivity contribution is -0.138. The predicted octanol–water partition coefficient (Wildman–Crippen LogP) is 4.81. The van der Waals surface area contributed by atoms with Gasteiger partial charge in [-0.15, -0.1) is 0 Å². The van der Waals surface area contributed by atoms with Gasteiger partial charge in [-0.25, -0.2) is 4.39 Å². The van der Waals surface area contributed by atoms with Crippen molar-refractivity contribution in [3.05, 3.63) is 70.0 Å². The number of alkyl halides is 3. The first kappa shape index (κ1) is 15.8. The van der Waals surface area contributed by atoms with E-state index in [-0.39, 0.29) is 16.1 Å². The van der Waals surface area contributed by atoms with E-state index >= 15 is 0 Å². The molecule has 1 nitrogen and oxygen atoms in total. The second kappa shape index (κ2) is 6.03. The monoisotopic (exact) mass is 317 g/mol. The van der Waals surface area contributed by atoms with Gasteiger partial charge in [0.2, 0.25) is 0 Å². The first-order valence-electron chi connectivity index (χ1n) is 6.13. The van der Waals surface area contributed by atoms with Gasteiger partial charge in [0.25, 0.3) is 0 Å². The second-order valence-electron chi connectivity index (χ2n) is 4.45. The van der Waals surface area contributed by atoms with E-state index in [9.17, 15) is 17.6 Å². The molecule has 1 atom stereocenters. The third-order valence-electron chi connectivity index (χ3n) is 3.16. The maximum atomic E-state index is 13.5. The number of benzene rings is 2. The molecular weight excluding hydrogens is 306 g/mol. The highest BCUT2D eigenvalue weighted by Gasteiger charge is 2.35. The zero-order valence-electron chi connectivity index (χ0n) is 11.0. The lowest BCUT2D eigenvalue weighted by atomic mass is 9.94. The van der Waals surface area contributed by atoms with Crippen LogP contribution in [0.3, 0.4) is 0 Å². The van der Waals surface area contributed by atoms with Gasteiger partial charge in [-0.1, -0.05) is 41.9 Å². The Morgan fingerprint density at radius 2 is 1.62 bits per heavy atom. The van der Waals surface area contributed by atoms with Gasteiger partial charge >= 0.3 is 6.18 Å². The summed E-state index contributed by atoms with van der Waals surface area (Å²) in [4.78, 5) is 0. The quantitative estimate of drug-likeness (QED) is 0.801. The first-order chi connectivity index (χ1) is 9.86. The molecule has 1 N–H and O–H groups in total. The summed E-state index contributed by atoms with van der Waals surface area (Å²) < 4.78 is 52.9. The van der Waals surface area contributed by atoms with Crippen molar-refractivity contribution in [3.63, 3.8) is 0 Å². The molecule has 2 aromatic rings. The highest BCUT2D eigenvalue weighted by atomic mass is 35.5. The summed E-state index contributed by atoms with van der Waals surface area (Å²) in [5.74, 6) is -0.668. The summed E-state index contributed by atoms with van der Waals surface area (Å²) in [5.41, 5.74) is -0.513. The smallest absolute Gasteiger partial charge is 0.309 e. The molecule has 1 unspecified atom stereocenters. The third-order valence-corrected chi connectivity index (χ3v) is 3.56. The molecule has 0 aliphatic heterocycles. The van der Waals surface area contributed by atoms with Gasteiger partial charge in [-0.2, -0.15) is 13.2 Å². The van der Waals surface area contributed by atoms with Crippen LogP contribution in [0.25, 0.3) is 0 Å². The molecule has 0 aliphatic rings. The van der Waals surface area contributed by atoms with Crippen LogP contribution in [0.5, 0.6) is 0 Å². The Kier molecular flexibility index (Phi) is 4.54. The molecule has 0 saturated heterocycles. The van der Waals surface area contributed by atoms with Crippen molar-refractivity contribution in [2.75, 3.05) is 7.05 Å².